The van der Waals surface area contributed by atoms with Gasteiger partial charge in [-0.2, -0.15) is 10.5 Å². The predicted molar refractivity (Wildman–Crippen MR) is 317 cm³/mol. The van der Waals surface area contributed by atoms with E-state index in [0.717, 1.165) is 52.0 Å². The van der Waals surface area contributed by atoms with Crippen molar-refractivity contribution in [2.45, 2.75) is 32.6 Å². The molecule has 0 aliphatic heterocycles. The maximum Gasteiger partial charge on any atom is 0.0991 e. The summed E-state index contributed by atoms with van der Waals surface area (Å²) in [6.07, 6.45) is 1.70. The first kappa shape index (κ1) is 47.2. The van der Waals surface area contributed by atoms with Crippen LogP contribution in [-0.4, -0.2) is 0 Å². The molecule has 0 heterocycles. The second-order valence-corrected chi connectivity index (χ2v) is 19.9. The lowest BCUT2D eigenvalue weighted by Gasteiger charge is -2.30. The summed E-state index contributed by atoms with van der Waals surface area (Å²) in [5.74, 6) is 0.0689. The molecule has 360 valence electrons. The van der Waals surface area contributed by atoms with Crippen molar-refractivity contribution in [2.75, 3.05) is 4.90 Å². The largest absolute Gasteiger partial charge is 0.310 e. The molecule has 0 amide bonds. The number of fused-ring (bicyclic) bond motifs is 5. The predicted octanol–water partition coefficient (Wildman–Crippen LogP) is 19.4. The molecule has 0 fully saturated rings. The van der Waals surface area contributed by atoms with E-state index in [1.54, 1.807) is 0 Å². The van der Waals surface area contributed by atoms with Gasteiger partial charge < -0.3 is 4.90 Å². The molecule has 12 aromatic rings. The first-order chi connectivity index (χ1) is 37.4. The van der Waals surface area contributed by atoms with Crippen molar-refractivity contribution in [3.8, 4) is 56.6 Å². The van der Waals surface area contributed by atoms with Crippen molar-refractivity contribution < 1.29 is 0 Å². The third-order valence-corrected chi connectivity index (χ3v) is 15.3. The van der Waals surface area contributed by atoms with Crippen molar-refractivity contribution in [3.05, 3.63) is 294 Å². The average molecular weight is 972 g/mol. The fourth-order valence-corrected chi connectivity index (χ4v) is 11.3. The number of hydrogen-bond acceptors (Lipinski definition) is 3. The Balaban J connectivity index is 0.984. The minimum Gasteiger partial charge on any atom is -0.310 e. The number of anilines is 3. The third kappa shape index (κ3) is 9.17. The van der Waals surface area contributed by atoms with Crippen molar-refractivity contribution in [1.29, 1.82) is 10.5 Å². The fourth-order valence-electron chi connectivity index (χ4n) is 11.3. The van der Waals surface area contributed by atoms with E-state index in [1.807, 2.05) is 24.3 Å². The molecule has 3 nitrogen and oxygen atoms in total. The second kappa shape index (κ2) is 20.6. The molecule has 12 rings (SSSR count). The molecule has 0 saturated heterocycles. The van der Waals surface area contributed by atoms with Crippen molar-refractivity contribution >= 4 is 49.4 Å². The van der Waals surface area contributed by atoms with Crippen molar-refractivity contribution in [3.63, 3.8) is 0 Å². The second-order valence-electron chi connectivity index (χ2n) is 19.9. The van der Waals surface area contributed by atoms with E-state index in [-0.39, 0.29) is 5.92 Å². The molecule has 76 heavy (non-hydrogen) atoms. The highest BCUT2D eigenvalue weighted by atomic mass is 15.1. The van der Waals surface area contributed by atoms with Gasteiger partial charge in [0.15, 0.2) is 0 Å². The zero-order valence-corrected chi connectivity index (χ0v) is 42.6. The maximum atomic E-state index is 9.93. The van der Waals surface area contributed by atoms with Crippen LogP contribution in [-0.2, 0) is 6.42 Å². The van der Waals surface area contributed by atoms with Crippen LogP contribution >= 0.6 is 0 Å². The Morgan fingerprint density at radius 1 is 0.355 bits per heavy atom. The van der Waals surface area contributed by atoms with Gasteiger partial charge in [0.1, 0.15) is 0 Å². The molecule has 0 aliphatic carbocycles. The average Bonchev–Trinajstić information content (AvgIpc) is 3.51. The number of hydrogen-bond donors (Lipinski definition) is 0. The summed E-state index contributed by atoms with van der Waals surface area (Å²) in [5.41, 5.74) is 19.9. The Morgan fingerprint density at radius 2 is 0.816 bits per heavy atom. The monoisotopic (exact) mass is 971 g/mol. The topological polar surface area (TPSA) is 50.8 Å². The van der Waals surface area contributed by atoms with Gasteiger partial charge >= 0.3 is 0 Å². The summed E-state index contributed by atoms with van der Waals surface area (Å²) in [7, 11) is 0. The van der Waals surface area contributed by atoms with Gasteiger partial charge in [-0.05, 0) is 193 Å². The molecule has 0 spiro atoms. The van der Waals surface area contributed by atoms with Crippen LogP contribution in [0.5, 0.6) is 0 Å². The van der Waals surface area contributed by atoms with Gasteiger partial charge in [0.05, 0.1) is 29.0 Å². The van der Waals surface area contributed by atoms with Crippen LogP contribution < -0.4 is 4.90 Å². The summed E-state index contributed by atoms with van der Waals surface area (Å²) in [4.78, 5) is 2.39. The fraction of sp³-hybridized carbons (Fsp3) is 0.0685. The number of rotatable bonds is 12. The van der Waals surface area contributed by atoms with Gasteiger partial charge in [-0.25, -0.2) is 0 Å². The zero-order valence-electron chi connectivity index (χ0n) is 42.6. The van der Waals surface area contributed by atoms with Crippen molar-refractivity contribution in [2.24, 2.45) is 0 Å². The van der Waals surface area contributed by atoms with Crippen LogP contribution in [0.2, 0.25) is 0 Å². The van der Waals surface area contributed by atoms with E-state index >= 15 is 0 Å². The third-order valence-electron chi connectivity index (χ3n) is 15.3. The lowest BCUT2D eigenvalue weighted by Crippen LogP contribution is -2.12. The smallest absolute Gasteiger partial charge is 0.0991 e. The first-order valence-electron chi connectivity index (χ1n) is 26.1. The summed E-state index contributed by atoms with van der Waals surface area (Å²) in [6, 6.07) is 95.9. The van der Waals surface area contributed by atoms with Crippen LogP contribution in [0.3, 0.4) is 0 Å². The lowest BCUT2D eigenvalue weighted by molar-refractivity contribution is 0.714. The molecule has 1 atom stereocenters. The van der Waals surface area contributed by atoms with E-state index in [0.29, 0.717) is 11.1 Å². The molecule has 0 radical (unpaired) electrons. The van der Waals surface area contributed by atoms with Gasteiger partial charge in [-0.15, -0.1) is 0 Å². The highest BCUT2D eigenvalue weighted by molar-refractivity contribution is 6.22. The molecule has 0 saturated carbocycles. The number of benzene rings is 12. The van der Waals surface area contributed by atoms with Crippen LogP contribution in [0, 0.1) is 36.5 Å². The Morgan fingerprint density at radius 3 is 1.41 bits per heavy atom. The van der Waals surface area contributed by atoms with E-state index < -0.39 is 0 Å². The van der Waals surface area contributed by atoms with Crippen LogP contribution in [0.4, 0.5) is 17.1 Å². The van der Waals surface area contributed by atoms with E-state index in [4.69, 9.17) is 0 Å². The van der Waals surface area contributed by atoms with Crippen LogP contribution in [0.15, 0.2) is 255 Å². The van der Waals surface area contributed by atoms with Gasteiger partial charge in [0.25, 0.3) is 0 Å². The maximum absolute atomic E-state index is 9.93. The van der Waals surface area contributed by atoms with Gasteiger partial charge in [-0.1, -0.05) is 188 Å². The highest BCUT2D eigenvalue weighted by Crippen LogP contribution is 2.47. The van der Waals surface area contributed by atoms with Crippen molar-refractivity contribution in [1.82, 2.24) is 0 Å². The zero-order chi connectivity index (χ0) is 51.5. The molecular formula is C73H53N3. The SMILES string of the molecule is Cc1ccc(-c2cccc(-c3ccccc3)c2)cc1C(CCc1cc2c3ccccc3c(N(c3ccc(C#N)cc3)c3cc(-c4cccc(-c5ccccc5)c4)ccc3C)cc2c2ccccc12)c1ccc(C#N)cc1. The summed E-state index contributed by atoms with van der Waals surface area (Å²) in [5, 5.41) is 26.9. The molecule has 1 unspecified atom stereocenters. The highest BCUT2D eigenvalue weighted by Gasteiger charge is 2.23. The number of aryl methyl sites for hydroxylation is 3. The standard InChI is InChI=1S/C73H53N3/c1-49-27-33-60(58-21-13-19-56(41-58)53-15-5-3-6-16-53)43-69(49)65(55-35-29-51(47-74)30-36-55)40-37-62-44-70-67-25-11-12-26-68(67)73(46-71(70)66-24-10-9-23-64(62)66)76(63-38-31-52(48-75)32-39-63)72-45-61(34-28-50(72)2)59-22-14-20-57(42-59)54-17-7-4-8-18-54/h3-36,38-39,41-46,65H,37,40H2,1-2H3. The van der Waals surface area contributed by atoms with Gasteiger partial charge in [0, 0.05) is 22.7 Å². The minimum absolute atomic E-state index is 0.0689. The molecule has 0 bridgehead atoms. The molecule has 12 aromatic carbocycles. The molecule has 0 N–H and O–H groups in total. The van der Waals surface area contributed by atoms with E-state index in [2.05, 4.69) is 261 Å². The van der Waals surface area contributed by atoms with E-state index in [1.165, 1.54) is 82.6 Å². The Kier molecular flexibility index (Phi) is 12.8. The first-order valence-corrected chi connectivity index (χ1v) is 26.1. The molecular weight excluding hydrogens is 919 g/mol. The number of nitrogens with zero attached hydrogens (tertiary/aromatic N) is 3. The van der Waals surface area contributed by atoms with Crippen LogP contribution in [0.25, 0.3) is 76.8 Å². The van der Waals surface area contributed by atoms with Gasteiger partial charge in [-0.3, -0.25) is 0 Å². The summed E-state index contributed by atoms with van der Waals surface area (Å²) >= 11 is 0. The number of nitriles is 2. The Bertz CT molecular complexity index is 4200. The molecule has 3 heteroatoms. The van der Waals surface area contributed by atoms with Gasteiger partial charge in [0.2, 0.25) is 0 Å². The van der Waals surface area contributed by atoms with E-state index in [9.17, 15) is 10.5 Å². The lowest BCUT2D eigenvalue weighted by atomic mass is 9.81. The van der Waals surface area contributed by atoms with Crippen LogP contribution in [0.1, 0.15) is 51.3 Å². The quantitative estimate of drug-likeness (QED) is 0.115. The normalized spacial score (nSPS) is 11.6. The summed E-state index contributed by atoms with van der Waals surface area (Å²) < 4.78 is 0. The Hall–Kier alpha value is -9.80. The summed E-state index contributed by atoms with van der Waals surface area (Å²) in [6.45, 7) is 4.42. The Labute approximate surface area is 445 Å². The molecule has 0 aliphatic rings. The molecule has 0 aromatic heterocycles. The minimum atomic E-state index is 0.0689.